The van der Waals surface area contributed by atoms with Gasteiger partial charge in [0.1, 0.15) is 0 Å². The monoisotopic (exact) mass is 349 g/mol. The molecule has 1 atom stereocenters. The summed E-state index contributed by atoms with van der Waals surface area (Å²) in [6, 6.07) is 10.7. The fourth-order valence-corrected chi connectivity index (χ4v) is 6.57. The molecule has 1 heterocycles. The molecule has 1 aromatic carbocycles. The Balaban J connectivity index is 1.36. The Bertz CT molecular complexity index is 495. The number of hydrogen-bond donors (Lipinski definition) is 1. The van der Waals surface area contributed by atoms with Gasteiger partial charge < -0.3 is 5.32 Å². The van der Waals surface area contributed by atoms with Gasteiger partial charge in [0.2, 0.25) is 5.91 Å². The van der Waals surface area contributed by atoms with Gasteiger partial charge in [-0.2, -0.15) is 0 Å². The Hall–Kier alpha value is -0.610. The molecule has 0 spiro atoms. The van der Waals surface area contributed by atoms with Gasteiger partial charge in [-0.05, 0) is 37.7 Å². The van der Waals surface area contributed by atoms with E-state index in [2.05, 4.69) is 35.6 Å². The van der Waals surface area contributed by atoms with Crippen molar-refractivity contribution in [1.82, 2.24) is 5.32 Å². The molecule has 1 aliphatic heterocycles. The van der Waals surface area contributed by atoms with Crippen molar-refractivity contribution in [2.75, 3.05) is 12.3 Å². The van der Waals surface area contributed by atoms with Crippen LogP contribution in [0.2, 0.25) is 0 Å². The highest BCUT2D eigenvalue weighted by atomic mass is 33.1. The van der Waals surface area contributed by atoms with Crippen LogP contribution >= 0.6 is 21.6 Å². The average Bonchev–Trinajstić information content (AvgIpc) is 3.05. The largest absolute Gasteiger partial charge is 0.355 e. The number of hydrogen-bond acceptors (Lipinski definition) is 3. The summed E-state index contributed by atoms with van der Waals surface area (Å²) in [6.45, 7) is 0.810. The van der Waals surface area contributed by atoms with Crippen LogP contribution in [-0.4, -0.2) is 23.5 Å². The van der Waals surface area contributed by atoms with Crippen LogP contribution in [0.1, 0.15) is 56.9 Å². The third-order valence-corrected chi connectivity index (χ3v) is 8.23. The van der Waals surface area contributed by atoms with Crippen LogP contribution in [0.25, 0.3) is 0 Å². The maximum atomic E-state index is 12.1. The Kier molecular flexibility index (Phi) is 6.35. The molecule has 0 aromatic heterocycles. The normalized spacial score (nSPS) is 22.5. The molecule has 4 heteroatoms. The van der Waals surface area contributed by atoms with Gasteiger partial charge in [-0.15, -0.1) is 0 Å². The molecule has 1 saturated carbocycles. The van der Waals surface area contributed by atoms with Gasteiger partial charge >= 0.3 is 0 Å². The molecular weight excluding hydrogens is 322 g/mol. The van der Waals surface area contributed by atoms with Gasteiger partial charge in [0.15, 0.2) is 0 Å². The number of unbranched alkanes of at least 4 members (excludes halogenated alkanes) is 1. The van der Waals surface area contributed by atoms with E-state index in [4.69, 9.17) is 0 Å². The first kappa shape index (κ1) is 17.2. The first-order valence-electron chi connectivity index (χ1n) is 8.89. The minimum Gasteiger partial charge on any atom is -0.355 e. The van der Waals surface area contributed by atoms with Crippen molar-refractivity contribution in [3.63, 3.8) is 0 Å². The summed E-state index contributed by atoms with van der Waals surface area (Å²) in [6.07, 6.45) is 9.22. The molecule has 1 saturated heterocycles. The molecule has 23 heavy (non-hydrogen) atoms. The summed E-state index contributed by atoms with van der Waals surface area (Å²) in [4.78, 5) is 12.1. The number of nitrogens with one attached hydrogen (secondary N) is 1. The van der Waals surface area contributed by atoms with Crippen molar-refractivity contribution < 1.29 is 4.79 Å². The van der Waals surface area contributed by atoms with Crippen molar-refractivity contribution in [1.29, 1.82) is 0 Å². The summed E-state index contributed by atoms with van der Waals surface area (Å²) < 4.78 is 0. The third kappa shape index (κ3) is 4.69. The summed E-state index contributed by atoms with van der Waals surface area (Å²) in [5.74, 6) is 1.54. The molecule has 0 bridgehead atoms. The smallest absolute Gasteiger partial charge is 0.220 e. The lowest BCUT2D eigenvalue weighted by Crippen LogP contribution is -2.45. The number of carbonyl (C=O) groups is 1. The van der Waals surface area contributed by atoms with Gasteiger partial charge in [0.25, 0.3) is 0 Å². The third-order valence-electron chi connectivity index (χ3n) is 5.23. The Morgan fingerprint density at radius 2 is 2.04 bits per heavy atom. The highest BCUT2D eigenvalue weighted by Crippen LogP contribution is 2.43. The molecule has 126 valence electrons. The lowest BCUT2D eigenvalue weighted by molar-refractivity contribution is -0.121. The van der Waals surface area contributed by atoms with Crippen LogP contribution < -0.4 is 5.32 Å². The molecule has 0 radical (unpaired) electrons. The average molecular weight is 350 g/mol. The van der Waals surface area contributed by atoms with Crippen LogP contribution in [0.4, 0.5) is 0 Å². The zero-order valence-corrected chi connectivity index (χ0v) is 15.4. The van der Waals surface area contributed by atoms with E-state index >= 15 is 0 Å². The fourth-order valence-electron chi connectivity index (χ4n) is 3.54. The van der Waals surface area contributed by atoms with E-state index in [-0.39, 0.29) is 11.3 Å². The molecule has 1 N–H and O–H groups in total. The SMILES string of the molecule is O=C(CCCCC1CCSS1)NCC1(c2ccccc2)CCC1. The molecular formula is C19H27NOS2. The summed E-state index contributed by atoms with van der Waals surface area (Å²) in [7, 11) is 4.04. The second-order valence-electron chi connectivity index (χ2n) is 6.85. The zero-order chi connectivity index (χ0) is 16.0. The van der Waals surface area contributed by atoms with E-state index in [9.17, 15) is 4.79 Å². The predicted octanol–water partition coefficient (Wildman–Crippen LogP) is 4.94. The van der Waals surface area contributed by atoms with Crippen LogP contribution in [0, 0.1) is 0 Å². The highest BCUT2D eigenvalue weighted by molar-refractivity contribution is 8.77. The van der Waals surface area contributed by atoms with Gasteiger partial charge in [-0.25, -0.2) is 0 Å². The molecule has 2 fully saturated rings. The molecule has 1 aromatic rings. The molecule has 1 amide bonds. The zero-order valence-electron chi connectivity index (χ0n) is 13.8. The van der Waals surface area contributed by atoms with E-state index in [1.165, 1.54) is 49.8 Å². The Labute approximate surface area is 148 Å². The van der Waals surface area contributed by atoms with E-state index in [0.29, 0.717) is 6.42 Å². The van der Waals surface area contributed by atoms with Gasteiger partial charge in [-0.3, -0.25) is 4.79 Å². The van der Waals surface area contributed by atoms with Crippen LogP contribution in [0.3, 0.4) is 0 Å². The van der Waals surface area contributed by atoms with Gasteiger partial charge in [0, 0.05) is 29.4 Å². The maximum Gasteiger partial charge on any atom is 0.220 e. The molecule has 2 aliphatic rings. The Morgan fingerprint density at radius 1 is 1.22 bits per heavy atom. The van der Waals surface area contributed by atoms with Gasteiger partial charge in [-0.1, -0.05) is 64.8 Å². The number of amides is 1. The molecule has 1 aliphatic carbocycles. The van der Waals surface area contributed by atoms with Crippen LogP contribution in [0.5, 0.6) is 0 Å². The second-order valence-corrected chi connectivity index (χ2v) is 9.64. The van der Waals surface area contributed by atoms with Crippen molar-refractivity contribution >= 4 is 27.5 Å². The number of carbonyl (C=O) groups excluding carboxylic acids is 1. The van der Waals surface area contributed by atoms with Crippen molar-refractivity contribution in [3.8, 4) is 0 Å². The van der Waals surface area contributed by atoms with E-state index in [1.807, 2.05) is 21.6 Å². The van der Waals surface area contributed by atoms with E-state index < -0.39 is 0 Å². The van der Waals surface area contributed by atoms with E-state index in [1.54, 1.807) is 0 Å². The van der Waals surface area contributed by atoms with Crippen molar-refractivity contribution in [2.24, 2.45) is 0 Å². The molecule has 1 unspecified atom stereocenters. The number of rotatable bonds is 8. The Morgan fingerprint density at radius 3 is 2.70 bits per heavy atom. The van der Waals surface area contributed by atoms with Crippen LogP contribution in [0.15, 0.2) is 30.3 Å². The summed E-state index contributed by atoms with van der Waals surface area (Å²) in [5, 5.41) is 4.04. The summed E-state index contributed by atoms with van der Waals surface area (Å²) in [5.41, 5.74) is 1.59. The van der Waals surface area contributed by atoms with Crippen molar-refractivity contribution in [2.45, 2.75) is 62.0 Å². The fraction of sp³-hybridized carbons (Fsp3) is 0.632. The lowest BCUT2D eigenvalue weighted by atomic mass is 9.64. The first-order valence-corrected chi connectivity index (χ1v) is 11.3. The van der Waals surface area contributed by atoms with Crippen LogP contribution in [-0.2, 0) is 10.2 Å². The number of benzene rings is 1. The predicted molar refractivity (Wildman–Crippen MR) is 102 cm³/mol. The molecule has 3 rings (SSSR count). The minimum atomic E-state index is 0.203. The molecule has 2 nitrogen and oxygen atoms in total. The second kappa shape index (κ2) is 8.48. The quantitative estimate of drug-likeness (QED) is 0.532. The highest BCUT2D eigenvalue weighted by Gasteiger charge is 2.38. The minimum absolute atomic E-state index is 0.203. The maximum absolute atomic E-state index is 12.1. The first-order chi connectivity index (χ1) is 11.3. The lowest BCUT2D eigenvalue weighted by Gasteiger charge is -2.42. The van der Waals surface area contributed by atoms with Gasteiger partial charge in [0.05, 0.1) is 0 Å². The van der Waals surface area contributed by atoms with E-state index in [0.717, 1.165) is 18.2 Å². The standard InChI is InChI=1S/C19H27NOS2/c21-18(10-5-4-9-17-11-14-22-23-17)20-15-19(12-6-13-19)16-7-2-1-3-8-16/h1-3,7-8,17H,4-6,9-15H2,(H,20,21). The topological polar surface area (TPSA) is 29.1 Å². The summed E-state index contributed by atoms with van der Waals surface area (Å²) >= 11 is 0. The van der Waals surface area contributed by atoms with Crippen molar-refractivity contribution in [3.05, 3.63) is 35.9 Å².